The Morgan fingerprint density at radius 2 is 1.55 bits per heavy atom. The van der Waals surface area contributed by atoms with Crippen LogP contribution in [0.2, 0.25) is 0 Å². The van der Waals surface area contributed by atoms with Crippen LogP contribution in [0.1, 0.15) is 74.7 Å². The van der Waals surface area contributed by atoms with Crippen molar-refractivity contribution in [2.75, 3.05) is 34.2 Å². The summed E-state index contributed by atoms with van der Waals surface area (Å²) in [7, 11) is 0.676. The second kappa shape index (κ2) is 13.0. The summed E-state index contributed by atoms with van der Waals surface area (Å²) in [6.07, 6.45) is 2.42. The Balaban J connectivity index is 3.12. The van der Waals surface area contributed by atoms with Crippen LogP contribution in [0.5, 0.6) is 0 Å². The van der Waals surface area contributed by atoms with E-state index in [4.69, 9.17) is 5.73 Å². The Morgan fingerprint density at radius 1 is 1.00 bits per heavy atom. The average Bonchev–Trinajstić information content (AvgIpc) is 3.18. The molecule has 0 aromatic carbocycles. The lowest BCUT2D eigenvalue weighted by Crippen LogP contribution is -2.61. The van der Waals surface area contributed by atoms with E-state index in [1.165, 1.54) is 30.3 Å². The molecule has 38 heavy (non-hydrogen) atoms. The second-order valence-electron chi connectivity index (χ2n) is 13.4. The lowest BCUT2D eigenvalue weighted by atomic mass is 9.85. The molecule has 11 nitrogen and oxygen atoms in total. The number of primary amides is 1. The van der Waals surface area contributed by atoms with Crippen molar-refractivity contribution in [1.82, 2.24) is 24.1 Å². The molecule has 0 aromatic heterocycles. The highest BCUT2D eigenvalue weighted by molar-refractivity contribution is 7.86. The van der Waals surface area contributed by atoms with Crippen molar-refractivity contribution < 1.29 is 22.8 Å². The van der Waals surface area contributed by atoms with Gasteiger partial charge in [-0.15, -0.1) is 0 Å². The molecule has 1 fully saturated rings. The van der Waals surface area contributed by atoms with E-state index in [1.54, 1.807) is 0 Å². The van der Waals surface area contributed by atoms with Gasteiger partial charge in [0.05, 0.1) is 0 Å². The largest absolute Gasteiger partial charge is 0.368 e. The highest BCUT2D eigenvalue weighted by Crippen LogP contribution is 2.31. The van der Waals surface area contributed by atoms with E-state index in [0.717, 1.165) is 17.1 Å². The fourth-order valence-electron chi connectivity index (χ4n) is 4.53. The van der Waals surface area contributed by atoms with Crippen LogP contribution in [0.4, 0.5) is 4.79 Å². The average molecular weight is 561 g/mol. The maximum absolute atomic E-state index is 13.8. The van der Waals surface area contributed by atoms with Crippen LogP contribution in [0, 0.1) is 22.7 Å². The molecule has 0 radical (unpaired) electrons. The van der Waals surface area contributed by atoms with E-state index >= 15 is 0 Å². The van der Waals surface area contributed by atoms with Gasteiger partial charge in [-0.25, -0.2) is 4.79 Å². The van der Waals surface area contributed by atoms with Gasteiger partial charge in [-0.1, -0.05) is 61.8 Å². The summed E-state index contributed by atoms with van der Waals surface area (Å²) in [5.74, 6) is -0.196. The van der Waals surface area contributed by atoms with Crippen molar-refractivity contribution in [1.29, 1.82) is 0 Å². The number of rotatable bonds is 11. The van der Waals surface area contributed by atoms with Gasteiger partial charge in [0.15, 0.2) is 0 Å². The fraction of sp³-hybridized carbons (Fsp3) is 0.885. The maximum atomic E-state index is 13.8. The molecule has 12 heteroatoms. The van der Waals surface area contributed by atoms with Crippen LogP contribution in [0.25, 0.3) is 0 Å². The number of urea groups is 1. The van der Waals surface area contributed by atoms with Gasteiger partial charge < -0.3 is 21.3 Å². The van der Waals surface area contributed by atoms with E-state index < -0.39 is 51.1 Å². The summed E-state index contributed by atoms with van der Waals surface area (Å²) in [4.78, 5) is 40.8. The van der Waals surface area contributed by atoms with Crippen LogP contribution in [-0.2, 0) is 19.8 Å². The van der Waals surface area contributed by atoms with E-state index in [-0.39, 0.29) is 18.4 Å². The van der Waals surface area contributed by atoms with Crippen LogP contribution in [0.3, 0.4) is 0 Å². The molecule has 1 rings (SSSR count). The minimum atomic E-state index is -3.68. The monoisotopic (exact) mass is 560 g/mol. The van der Waals surface area contributed by atoms with Crippen LogP contribution < -0.4 is 16.4 Å². The summed E-state index contributed by atoms with van der Waals surface area (Å²) in [5, 5.41) is 5.71. The second-order valence-corrected chi connectivity index (χ2v) is 15.6. The molecule has 4 N–H and O–H groups in total. The highest BCUT2D eigenvalue weighted by atomic mass is 32.2. The first-order chi connectivity index (χ1) is 17.1. The molecular formula is C26H52N6O5S. The Hall–Kier alpha value is -1.92. The van der Waals surface area contributed by atoms with Crippen molar-refractivity contribution in [3.05, 3.63) is 0 Å². The maximum Gasteiger partial charge on any atom is 0.315 e. The molecule has 0 saturated carbocycles. The zero-order valence-electron chi connectivity index (χ0n) is 25.3. The molecule has 0 unspecified atom stereocenters. The topological polar surface area (TPSA) is 145 Å². The van der Waals surface area contributed by atoms with Crippen molar-refractivity contribution in [2.24, 2.45) is 28.4 Å². The molecule has 4 amide bonds. The lowest BCUT2D eigenvalue weighted by molar-refractivity contribution is -0.141. The summed E-state index contributed by atoms with van der Waals surface area (Å²) < 4.78 is 27.4. The molecule has 1 heterocycles. The summed E-state index contributed by atoms with van der Waals surface area (Å²) in [6.45, 7) is 16.0. The van der Waals surface area contributed by atoms with Crippen molar-refractivity contribution >= 4 is 28.1 Å². The summed E-state index contributed by atoms with van der Waals surface area (Å²) in [6, 6.07) is -2.76. The van der Waals surface area contributed by atoms with Gasteiger partial charge in [-0.05, 0) is 35.5 Å². The van der Waals surface area contributed by atoms with E-state index in [2.05, 4.69) is 24.5 Å². The molecule has 1 saturated heterocycles. The predicted molar refractivity (Wildman–Crippen MR) is 150 cm³/mol. The third-order valence-corrected chi connectivity index (χ3v) is 9.05. The third kappa shape index (κ3) is 9.37. The van der Waals surface area contributed by atoms with Gasteiger partial charge in [0.1, 0.15) is 12.1 Å². The molecule has 0 aromatic rings. The van der Waals surface area contributed by atoms with Gasteiger partial charge >= 0.3 is 6.03 Å². The number of amides is 4. The van der Waals surface area contributed by atoms with E-state index in [0.29, 0.717) is 18.9 Å². The van der Waals surface area contributed by atoms with Gasteiger partial charge in [0.25, 0.3) is 10.2 Å². The number of hydrogen-bond donors (Lipinski definition) is 3. The smallest absolute Gasteiger partial charge is 0.315 e. The molecule has 0 aliphatic carbocycles. The van der Waals surface area contributed by atoms with Crippen molar-refractivity contribution in [3.63, 3.8) is 0 Å². The minimum absolute atomic E-state index is 0.0406. The Bertz CT molecular complexity index is 939. The number of carbonyl (C=O) groups is 3. The highest BCUT2D eigenvalue weighted by Gasteiger charge is 2.44. The predicted octanol–water partition coefficient (Wildman–Crippen LogP) is 1.99. The van der Waals surface area contributed by atoms with Crippen LogP contribution >= 0.6 is 0 Å². The summed E-state index contributed by atoms with van der Waals surface area (Å²) in [5.41, 5.74) is 4.54. The minimum Gasteiger partial charge on any atom is -0.368 e. The van der Waals surface area contributed by atoms with E-state index in [9.17, 15) is 22.8 Å². The van der Waals surface area contributed by atoms with Gasteiger partial charge in [-0.2, -0.15) is 17.0 Å². The first kappa shape index (κ1) is 34.1. The first-order valence-corrected chi connectivity index (χ1v) is 14.8. The number of likely N-dealkylation sites (tertiary alicyclic amines) is 1. The van der Waals surface area contributed by atoms with Crippen LogP contribution in [0.15, 0.2) is 0 Å². The lowest BCUT2D eigenvalue weighted by Gasteiger charge is -2.37. The molecule has 0 bridgehead atoms. The molecule has 222 valence electrons. The number of likely N-dealkylation sites (N-methyl/N-ethyl adjacent to an activating group) is 1. The Kier molecular flexibility index (Phi) is 11.6. The summed E-state index contributed by atoms with van der Waals surface area (Å²) >= 11 is 0. The van der Waals surface area contributed by atoms with Crippen LogP contribution in [-0.4, -0.2) is 92.1 Å². The Labute approximate surface area is 230 Å². The first-order valence-electron chi connectivity index (χ1n) is 13.4. The molecule has 1 aliphatic rings. The zero-order valence-corrected chi connectivity index (χ0v) is 26.1. The fourth-order valence-corrected chi connectivity index (χ4v) is 5.42. The van der Waals surface area contributed by atoms with Gasteiger partial charge in [-0.3, -0.25) is 9.59 Å². The normalized spacial score (nSPS) is 20.6. The number of hydrogen-bond acceptors (Lipinski definition) is 5. The van der Waals surface area contributed by atoms with Crippen molar-refractivity contribution in [3.8, 4) is 0 Å². The van der Waals surface area contributed by atoms with E-state index in [1.807, 2.05) is 41.5 Å². The Morgan fingerprint density at radius 3 is 1.97 bits per heavy atom. The molecular weight excluding hydrogens is 508 g/mol. The number of nitrogens with two attached hydrogens (primary N) is 1. The molecule has 4 atom stereocenters. The molecule has 1 aliphatic heterocycles. The number of nitrogens with zero attached hydrogens (tertiary/aromatic N) is 3. The SMILES string of the molecule is CC(C)CC[C@@H]1C[C@@H](C(N)=O)N(C(=O)[C@@H](NC(=O)N[C@H](CN(C)S(=O)(=O)N(C)C)C(C)(C)C)C(C)(C)C)C1. The standard InChI is InChI=1S/C26H52N6O5S/c1-17(2)12-13-18-14-19(22(27)33)32(15-18)23(34)21(26(6,7)8)29-24(35)28-20(25(3,4)5)16-31(11)38(36,37)30(9)10/h17-21H,12-16H2,1-11H3,(H2,27,33)(H2,28,29,35)/t18-,19+,20-,21-/m1/s1. The number of carbonyl (C=O) groups excluding carboxylic acids is 3. The van der Waals surface area contributed by atoms with Crippen molar-refractivity contribution in [2.45, 2.75) is 92.8 Å². The quantitative estimate of drug-likeness (QED) is 0.354. The van der Waals surface area contributed by atoms with Gasteiger partial charge in [0, 0.05) is 40.3 Å². The van der Waals surface area contributed by atoms with Gasteiger partial charge in [0.2, 0.25) is 11.8 Å². The zero-order chi connectivity index (χ0) is 29.8. The number of nitrogens with one attached hydrogen (secondary N) is 2. The third-order valence-electron chi connectivity index (χ3n) is 7.19. The molecule has 0 spiro atoms.